The van der Waals surface area contributed by atoms with E-state index in [4.69, 9.17) is 0 Å². The molecule has 6 heteroatoms. The largest absolute Gasteiger partial charge is 0.354 e. The summed E-state index contributed by atoms with van der Waals surface area (Å²) in [4.78, 5) is 30.5. The topological polar surface area (TPSA) is 86.9 Å². The van der Waals surface area contributed by atoms with Crippen molar-refractivity contribution in [2.75, 3.05) is 6.54 Å². The van der Waals surface area contributed by atoms with E-state index in [1.165, 1.54) is 0 Å². The standard InChI is InChI=1S/C14H16N4O2/c19-13-6-5-11(18-13)14(20)15-8-7-12-16-9-3-1-2-4-10(9)17-12/h1-4,11H,5-8H2,(H,15,20)(H,16,17)(H,18,19). The number of rotatable bonds is 4. The first-order chi connectivity index (χ1) is 9.72. The Hall–Kier alpha value is -2.37. The van der Waals surface area contributed by atoms with Crippen LogP contribution in [-0.4, -0.2) is 34.4 Å². The first-order valence-electron chi connectivity index (χ1n) is 6.73. The summed E-state index contributed by atoms with van der Waals surface area (Å²) >= 11 is 0. The molecule has 0 aliphatic carbocycles. The van der Waals surface area contributed by atoms with E-state index in [1.54, 1.807) is 0 Å². The number of benzene rings is 1. The summed E-state index contributed by atoms with van der Waals surface area (Å²) in [5.41, 5.74) is 1.92. The molecule has 3 rings (SSSR count). The van der Waals surface area contributed by atoms with E-state index in [9.17, 15) is 9.59 Å². The summed E-state index contributed by atoms with van der Waals surface area (Å²) in [5, 5.41) is 5.47. The van der Waals surface area contributed by atoms with Crippen molar-refractivity contribution in [2.45, 2.75) is 25.3 Å². The van der Waals surface area contributed by atoms with Crippen LogP contribution in [0.2, 0.25) is 0 Å². The minimum atomic E-state index is -0.377. The highest BCUT2D eigenvalue weighted by Gasteiger charge is 2.26. The third kappa shape index (κ3) is 2.64. The Morgan fingerprint density at radius 1 is 1.40 bits per heavy atom. The van der Waals surface area contributed by atoms with Crippen LogP contribution >= 0.6 is 0 Å². The number of hydrogen-bond acceptors (Lipinski definition) is 3. The molecule has 104 valence electrons. The maximum absolute atomic E-state index is 11.8. The molecule has 1 aliphatic heterocycles. The molecule has 3 N–H and O–H groups in total. The molecule has 1 saturated heterocycles. The summed E-state index contributed by atoms with van der Waals surface area (Å²) in [6, 6.07) is 7.44. The van der Waals surface area contributed by atoms with Crippen LogP contribution in [0, 0.1) is 0 Å². The van der Waals surface area contributed by atoms with E-state index < -0.39 is 0 Å². The van der Waals surface area contributed by atoms with Gasteiger partial charge in [0.15, 0.2) is 0 Å². The average Bonchev–Trinajstić information content (AvgIpc) is 3.04. The average molecular weight is 272 g/mol. The molecule has 2 amide bonds. The van der Waals surface area contributed by atoms with Gasteiger partial charge in [-0.15, -0.1) is 0 Å². The fraction of sp³-hybridized carbons (Fsp3) is 0.357. The number of carbonyl (C=O) groups excluding carboxylic acids is 2. The van der Waals surface area contributed by atoms with Crippen molar-refractivity contribution in [2.24, 2.45) is 0 Å². The molecule has 1 fully saturated rings. The third-order valence-electron chi connectivity index (χ3n) is 3.41. The maximum Gasteiger partial charge on any atom is 0.242 e. The minimum absolute atomic E-state index is 0.0533. The van der Waals surface area contributed by atoms with Gasteiger partial charge in [0.2, 0.25) is 11.8 Å². The summed E-state index contributed by atoms with van der Waals surface area (Å²) in [6.45, 7) is 0.505. The lowest BCUT2D eigenvalue weighted by atomic mass is 10.2. The monoisotopic (exact) mass is 272 g/mol. The van der Waals surface area contributed by atoms with Gasteiger partial charge in [0.25, 0.3) is 0 Å². The number of nitrogens with one attached hydrogen (secondary N) is 3. The first-order valence-corrected chi connectivity index (χ1v) is 6.73. The summed E-state index contributed by atoms with van der Waals surface area (Å²) in [7, 11) is 0. The highest BCUT2D eigenvalue weighted by molar-refractivity contribution is 5.90. The van der Waals surface area contributed by atoms with Crippen molar-refractivity contribution in [3.8, 4) is 0 Å². The van der Waals surface area contributed by atoms with Gasteiger partial charge in [0, 0.05) is 19.4 Å². The predicted molar refractivity (Wildman–Crippen MR) is 74.0 cm³/mol. The van der Waals surface area contributed by atoms with E-state index in [0.29, 0.717) is 25.8 Å². The van der Waals surface area contributed by atoms with Crippen LogP contribution < -0.4 is 10.6 Å². The predicted octanol–water partition coefficient (Wildman–Crippen LogP) is 0.500. The molecule has 2 heterocycles. The first kappa shape index (κ1) is 12.7. The Balaban J connectivity index is 1.52. The van der Waals surface area contributed by atoms with Crippen molar-refractivity contribution >= 4 is 22.8 Å². The Morgan fingerprint density at radius 3 is 3.00 bits per heavy atom. The molecule has 1 aromatic carbocycles. The minimum Gasteiger partial charge on any atom is -0.354 e. The molecule has 0 saturated carbocycles. The lowest BCUT2D eigenvalue weighted by Gasteiger charge is -2.09. The molecule has 1 atom stereocenters. The number of fused-ring (bicyclic) bond motifs is 1. The smallest absolute Gasteiger partial charge is 0.242 e. The number of aromatic nitrogens is 2. The van der Waals surface area contributed by atoms with Crippen LogP contribution in [0.15, 0.2) is 24.3 Å². The third-order valence-corrected chi connectivity index (χ3v) is 3.41. The molecule has 1 aliphatic rings. The molecule has 0 bridgehead atoms. The number of imidazole rings is 1. The van der Waals surface area contributed by atoms with Crippen molar-refractivity contribution in [3.05, 3.63) is 30.1 Å². The number of nitrogens with zero attached hydrogens (tertiary/aromatic N) is 1. The van der Waals surface area contributed by atoms with Gasteiger partial charge in [0.1, 0.15) is 11.9 Å². The van der Waals surface area contributed by atoms with Crippen LogP contribution in [-0.2, 0) is 16.0 Å². The second-order valence-corrected chi connectivity index (χ2v) is 4.90. The van der Waals surface area contributed by atoms with E-state index >= 15 is 0 Å². The van der Waals surface area contributed by atoms with Gasteiger partial charge in [0.05, 0.1) is 11.0 Å². The van der Waals surface area contributed by atoms with Gasteiger partial charge in [-0.05, 0) is 18.6 Å². The number of carbonyl (C=O) groups is 2. The van der Waals surface area contributed by atoms with Crippen molar-refractivity contribution in [1.29, 1.82) is 0 Å². The van der Waals surface area contributed by atoms with Crippen molar-refractivity contribution in [1.82, 2.24) is 20.6 Å². The van der Waals surface area contributed by atoms with Crippen LogP contribution in [0.4, 0.5) is 0 Å². The van der Waals surface area contributed by atoms with E-state index in [1.807, 2.05) is 24.3 Å². The Bertz CT molecular complexity index is 616. The fourth-order valence-corrected chi connectivity index (χ4v) is 2.36. The molecule has 0 spiro atoms. The SMILES string of the molecule is O=C1CCC(C(=O)NCCc2nc3ccccc3[nH]2)N1. The van der Waals surface area contributed by atoms with Crippen LogP contribution in [0.25, 0.3) is 11.0 Å². The van der Waals surface area contributed by atoms with Gasteiger partial charge in [-0.3, -0.25) is 9.59 Å². The van der Waals surface area contributed by atoms with Crippen molar-refractivity contribution < 1.29 is 9.59 Å². The Labute approximate surface area is 116 Å². The molecule has 0 radical (unpaired) electrons. The lowest BCUT2D eigenvalue weighted by Crippen LogP contribution is -2.42. The molecule has 6 nitrogen and oxygen atoms in total. The number of para-hydroxylation sites is 2. The summed E-state index contributed by atoms with van der Waals surface area (Å²) in [6.07, 6.45) is 1.65. The fourth-order valence-electron chi connectivity index (χ4n) is 2.36. The van der Waals surface area contributed by atoms with Gasteiger partial charge >= 0.3 is 0 Å². The van der Waals surface area contributed by atoms with Gasteiger partial charge in [-0.2, -0.15) is 0 Å². The second kappa shape index (κ2) is 5.32. The quantitative estimate of drug-likeness (QED) is 0.757. The number of aromatic amines is 1. The molecule has 20 heavy (non-hydrogen) atoms. The molecular weight excluding hydrogens is 256 g/mol. The summed E-state index contributed by atoms with van der Waals surface area (Å²) < 4.78 is 0. The van der Waals surface area contributed by atoms with E-state index in [2.05, 4.69) is 20.6 Å². The summed E-state index contributed by atoms with van der Waals surface area (Å²) in [5.74, 6) is 0.677. The number of hydrogen-bond donors (Lipinski definition) is 3. The highest BCUT2D eigenvalue weighted by atomic mass is 16.2. The zero-order valence-electron chi connectivity index (χ0n) is 11.0. The normalized spacial score (nSPS) is 18.2. The molecule has 1 unspecified atom stereocenters. The van der Waals surface area contributed by atoms with E-state index in [0.717, 1.165) is 16.9 Å². The van der Waals surface area contributed by atoms with E-state index in [-0.39, 0.29) is 17.9 Å². The van der Waals surface area contributed by atoms with Crippen molar-refractivity contribution in [3.63, 3.8) is 0 Å². The van der Waals surface area contributed by atoms with Crippen LogP contribution in [0.3, 0.4) is 0 Å². The Kier molecular flexibility index (Phi) is 3.37. The second-order valence-electron chi connectivity index (χ2n) is 4.90. The van der Waals surface area contributed by atoms with Gasteiger partial charge in [-0.1, -0.05) is 12.1 Å². The highest BCUT2D eigenvalue weighted by Crippen LogP contribution is 2.10. The van der Waals surface area contributed by atoms with Crippen LogP contribution in [0.5, 0.6) is 0 Å². The number of H-pyrrole nitrogens is 1. The molecular formula is C14H16N4O2. The Morgan fingerprint density at radius 2 is 2.25 bits per heavy atom. The maximum atomic E-state index is 11.8. The van der Waals surface area contributed by atoms with Gasteiger partial charge < -0.3 is 15.6 Å². The number of amides is 2. The molecule has 1 aromatic heterocycles. The van der Waals surface area contributed by atoms with Crippen LogP contribution in [0.1, 0.15) is 18.7 Å². The zero-order valence-corrected chi connectivity index (χ0v) is 11.0. The lowest BCUT2D eigenvalue weighted by molar-refractivity contribution is -0.125. The zero-order chi connectivity index (χ0) is 13.9. The van der Waals surface area contributed by atoms with Gasteiger partial charge in [-0.25, -0.2) is 4.98 Å². The molecule has 2 aromatic rings.